The van der Waals surface area contributed by atoms with E-state index in [0.29, 0.717) is 5.69 Å². The van der Waals surface area contributed by atoms with Crippen LogP contribution in [0.4, 0.5) is 0 Å². The minimum atomic E-state index is 0.459. The van der Waals surface area contributed by atoms with Crippen LogP contribution in [0.3, 0.4) is 0 Å². The highest BCUT2D eigenvalue weighted by atomic mass is 16.1. The van der Waals surface area contributed by atoms with Gasteiger partial charge in [-0.3, -0.25) is 4.79 Å². The zero-order valence-corrected chi connectivity index (χ0v) is 9.76. The van der Waals surface area contributed by atoms with Gasteiger partial charge in [0, 0.05) is 12.1 Å². The Morgan fingerprint density at radius 2 is 1.88 bits per heavy atom. The second-order valence-corrected chi connectivity index (χ2v) is 3.95. The second-order valence-electron chi connectivity index (χ2n) is 3.95. The molecule has 1 aromatic carbocycles. The molecule has 0 radical (unpaired) electrons. The largest absolute Gasteiger partial charge is 0.296 e. The number of benzene rings is 1. The van der Waals surface area contributed by atoms with Gasteiger partial charge in [-0.15, -0.1) is 0 Å². The van der Waals surface area contributed by atoms with Gasteiger partial charge in [0.1, 0.15) is 11.5 Å². The fraction of sp³-hybridized carbons (Fsp3) is 0.214. The molecule has 3 nitrogen and oxygen atoms in total. The summed E-state index contributed by atoms with van der Waals surface area (Å²) >= 11 is 0. The van der Waals surface area contributed by atoms with Gasteiger partial charge in [-0.1, -0.05) is 30.3 Å². The van der Waals surface area contributed by atoms with Crippen molar-refractivity contribution < 1.29 is 4.79 Å². The highest BCUT2D eigenvalue weighted by Gasteiger charge is 2.02. The van der Waals surface area contributed by atoms with E-state index in [-0.39, 0.29) is 0 Å². The van der Waals surface area contributed by atoms with Gasteiger partial charge in [0.15, 0.2) is 6.29 Å². The topological polar surface area (TPSA) is 42.9 Å². The van der Waals surface area contributed by atoms with Crippen LogP contribution >= 0.6 is 0 Å². The predicted molar refractivity (Wildman–Crippen MR) is 66.0 cm³/mol. The minimum Gasteiger partial charge on any atom is -0.296 e. The molecule has 0 aliphatic carbocycles. The molecule has 0 spiro atoms. The lowest BCUT2D eigenvalue weighted by atomic mass is 10.1. The summed E-state index contributed by atoms with van der Waals surface area (Å²) in [6.45, 7) is 1.88. The Bertz CT molecular complexity index is 509. The highest BCUT2D eigenvalue weighted by molar-refractivity contribution is 5.71. The molecule has 1 heterocycles. The van der Waals surface area contributed by atoms with Crippen LogP contribution in [0.5, 0.6) is 0 Å². The van der Waals surface area contributed by atoms with Crippen LogP contribution in [0.1, 0.15) is 27.6 Å². The van der Waals surface area contributed by atoms with E-state index in [2.05, 4.69) is 22.1 Å². The summed E-state index contributed by atoms with van der Waals surface area (Å²) in [7, 11) is 0. The standard InChI is InChI=1S/C14H14N2O/c1-11-9-13(10-17)16-14(15-11)8-7-12-5-3-2-4-6-12/h2-6,9-10H,7-8H2,1H3. The quantitative estimate of drug-likeness (QED) is 0.752. The maximum absolute atomic E-state index is 10.7. The molecular weight excluding hydrogens is 212 g/mol. The van der Waals surface area contributed by atoms with Gasteiger partial charge in [-0.05, 0) is 25.0 Å². The van der Waals surface area contributed by atoms with Crippen molar-refractivity contribution in [2.75, 3.05) is 0 Å². The van der Waals surface area contributed by atoms with Crippen molar-refractivity contribution in [3.8, 4) is 0 Å². The molecule has 0 aliphatic heterocycles. The van der Waals surface area contributed by atoms with E-state index in [1.54, 1.807) is 6.07 Å². The maximum atomic E-state index is 10.7. The highest BCUT2D eigenvalue weighted by Crippen LogP contribution is 2.05. The van der Waals surface area contributed by atoms with E-state index >= 15 is 0 Å². The Morgan fingerprint density at radius 3 is 2.59 bits per heavy atom. The number of aldehydes is 1. The number of carbonyl (C=O) groups excluding carboxylic acids is 1. The lowest BCUT2D eigenvalue weighted by Gasteiger charge is -2.03. The molecule has 0 bridgehead atoms. The predicted octanol–water partition coefficient (Wildman–Crippen LogP) is 2.38. The summed E-state index contributed by atoms with van der Waals surface area (Å²) < 4.78 is 0. The maximum Gasteiger partial charge on any atom is 0.168 e. The van der Waals surface area contributed by atoms with Crippen LogP contribution < -0.4 is 0 Å². The Labute approximate surface area is 101 Å². The normalized spacial score (nSPS) is 10.2. The SMILES string of the molecule is Cc1cc(C=O)nc(CCc2ccccc2)n1. The Kier molecular flexibility index (Phi) is 3.60. The van der Waals surface area contributed by atoms with Crippen LogP contribution in [0, 0.1) is 6.92 Å². The van der Waals surface area contributed by atoms with Crippen molar-refractivity contribution in [3.05, 3.63) is 59.2 Å². The molecule has 0 N–H and O–H groups in total. The van der Waals surface area contributed by atoms with Crippen molar-refractivity contribution in [2.24, 2.45) is 0 Å². The van der Waals surface area contributed by atoms with Gasteiger partial charge in [0.05, 0.1) is 0 Å². The molecule has 2 rings (SSSR count). The summed E-state index contributed by atoms with van der Waals surface area (Å²) in [5.41, 5.74) is 2.55. The van der Waals surface area contributed by atoms with Crippen LogP contribution in [-0.4, -0.2) is 16.3 Å². The fourth-order valence-corrected chi connectivity index (χ4v) is 1.73. The van der Waals surface area contributed by atoms with E-state index in [4.69, 9.17) is 0 Å². The number of nitrogens with zero attached hydrogens (tertiary/aromatic N) is 2. The van der Waals surface area contributed by atoms with Crippen molar-refractivity contribution >= 4 is 6.29 Å². The Hall–Kier alpha value is -2.03. The molecule has 1 aromatic heterocycles. The molecule has 0 atom stereocenters. The van der Waals surface area contributed by atoms with Crippen molar-refractivity contribution in [2.45, 2.75) is 19.8 Å². The zero-order valence-electron chi connectivity index (χ0n) is 9.76. The first-order valence-corrected chi connectivity index (χ1v) is 5.61. The number of hydrogen-bond donors (Lipinski definition) is 0. The number of rotatable bonds is 4. The summed E-state index contributed by atoms with van der Waals surface area (Å²) in [6, 6.07) is 11.9. The van der Waals surface area contributed by atoms with E-state index in [9.17, 15) is 4.79 Å². The number of aryl methyl sites for hydroxylation is 3. The van der Waals surface area contributed by atoms with E-state index in [0.717, 1.165) is 30.6 Å². The van der Waals surface area contributed by atoms with Gasteiger partial charge in [0.25, 0.3) is 0 Å². The van der Waals surface area contributed by atoms with Crippen LogP contribution in [0.2, 0.25) is 0 Å². The average molecular weight is 226 g/mol. The number of hydrogen-bond acceptors (Lipinski definition) is 3. The van der Waals surface area contributed by atoms with Crippen LogP contribution in [0.15, 0.2) is 36.4 Å². The molecular formula is C14H14N2O. The summed E-state index contributed by atoms with van der Waals surface area (Å²) in [6.07, 6.45) is 2.41. The van der Waals surface area contributed by atoms with Crippen molar-refractivity contribution in [3.63, 3.8) is 0 Å². The first-order valence-electron chi connectivity index (χ1n) is 5.61. The van der Waals surface area contributed by atoms with E-state index < -0.39 is 0 Å². The molecule has 0 fully saturated rings. The first-order chi connectivity index (χ1) is 8.28. The number of carbonyl (C=O) groups is 1. The van der Waals surface area contributed by atoms with Crippen molar-refractivity contribution in [1.29, 1.82) is 0 Å². The third-order valence-corrected chi connectivity index (χ3v) is 2.52. The van der Waals surface area contributed by atoms with Gasteiger partial charge in [-0.2, -0.15) is 0 Å². The Morgan fingerprint density at radius 1 is 1.12 bits per heavy atom. The van der Waals surface area contributed by atoms with Gasteiger partial charge < -0.3 is 0 Å². The molecule has 0 aliphatic rings. The lowest BCUT2D eigenvalue weighted by Crippen LogP contribution is -2.02. The van der Waals surface area contributed by atoms with Gasteiger partial charge >= 0.3 is 0 Å². The van der Waals surface area contributed by atoms with Gasteiger partial charge in [-0.25, -0.2) is 9.97 Å². The zero-order chi connectivity index (χ0) is 12.1. The third kappa shape index (κ3) is 3.21. The lowest BCUT2D eigenvalue weighted by molar-refractivity contribution is 0.111. The molecule has 17 heavy (non-hydrogen) atoms. The summed E-state index contributed by atoms with van der Waals surface area (Å²) in [5, 5.41) is 0. The van der Waals surface area contributed by atoms with E-state index in [1.165, 1.54) is 5.56 Å². The Balaban J connectivity index is 2.09. The smallest absolute Gasteiger partial charge is 0.168 e. The molecule has 86 valence electrons. The molecule has 2 aromatic rings. The fourth-order valence-electron chi connectivity index (χ4n) is 1.73. The molecule has 0 saturated carbocycles. The van der Waals surface area contributed by atoms with Crippen LogP contribution in [-0.2, 0) is 12.8 Å². The van der Waals surface area contributed by atoms with E-state index in [1.807, 2.05) is 25.1 Å². The monoisotopic (exact) mass is 226 g/mol. The minimum absolute atomic E-state index is 0.459. The molecule has 0 amide bonds. The van der Waals surface area contributed by atoms with Crippen LogP contribution in [0.25, 0.3) is 0 Å². The molecule has 0 saturated heterocycles. The third-order valence-electron chi connectivity index (χ3n) is 2.52. The number of aromatic nitrogens is 2. The first kappa shape index (κ1) is 11.5. The summed E-state index contributed by atoms with van der Waals surface area (Å²) in [5.74, 6) is 0.732. The summed E-state index contributed by atoms with van der Waals surface area (Å²) in [4.78, 5) is 19.2. The second kappa shape index (κ2) is 5.34. The van der Waals surface area contributed by atoms with Gasteiger partial charge in [0.2, 0.25) is 0 Å². The average Bonchev–Trinajstić information content (AvgIpc) is 2.37. The molecule has 0 unspecified atom stereocenters. The molecule has 3 heteroatoms. The van der Waals surface area contributed by atoms with Crippen molar-refractivity contribution in [1.82, 2.24) is 9.97 Å².